The van der Waals surface area contributed by atoms with Crippen LogP contribution in [-0.2, 0) is 0 Å². The largest absolute Gasteiger partial charge is 0.352 e. The molecule has 0 aromatic rings. The summed E-state index contributed by atoms with van der Waals surface area (Å²) in [7, 11) is 4.94. The van der Waals surface area contributed by atoms with Crippen molar-refractivity contribution in [3.05, 3.63) is 0 Å². The normalized spacial score (nSPS) is 13.4. The van der Waals surface area contributed by atoms with E-state index in [1.54, 1.807) is 0 Å². The summed E-state index contributed by atoms with van der Waals surface area (Å²) in [6.45, 7) is 6.77. The Kier molecular flexibility index (Phi) is 17.7. The molecule has 1 saturated heterocycles. The zero-order chi connectivity index (χ0) is 11.9. The molecule has 0 saturated carbocycles. The molecule has 1 heterocycles. The molecule has 2 amide bonds. The molecule has 0 aromatic heterocycles. The minimum Gasteiger partial charge on any atom is -0.352 e. The van der Waals surface area contributed by atoms with Gasteiger partial charge in [0.2, 0.25) is 0 Å². The van der Waals surface area contributed by atoms with Crippen LogP contribution >= 0.6 is 0 Å². The number of nitrogens with one attached hydrogen (secondary N) is 2. The second-order valence-electron chi connectivity index (χ2n) is 3.26. The number of carbonyl (C=O) groups is 1. The molecular weight excluding hydrogens is 189 g/mol. The summed E-state index contributed by atoms with van der Waals surface area (Å²) in [4.78, 5) is 9.00. The van der Waals surface area contributed by atoms with Crippen molar-refractivity contribution in [1.82, 2.24) is 10.6 Å². The van der Waals surface area contributed by atoms with E-state index in [-0.39, 0.29) is 0 Å². The minimum atomic E-state index is -0.833. The zero-order valence-electron chi connectivity index (χ0n) is 10.0. The summed E-state index contributed by atoms with van der Waals surface area (Å²) in [5.41, 5.74) is 8.50. The second kappa shape index (κ2) is 15.8. The predicted molar refractivity (Wildman–Crippen MR) is 72.8 cm³/mol. The van der Waals surface area contributed by atoms with Gasteiger partial charge in [-0.3, -0.25) is 0 Å². The highest BCUT2D eigenvalue weighted by molar-refractivity contribution is 7.23. The summed E-state index contributed by atoms with van der Waals surface area (Å²) >= 11 is 0. The Morgan fingerprint density at radius 2 is 1.60 bits per heavy atom. The molecule has 0 bridgehead atoms. The van der Waals surface area contributed by atoms with Crippen LogP contribution in [0, 0.1) is 0 Å². The lowest BCUT2D eigenvalue weighted by molar-refractivity contribution is 0.256. The fraction of sp³-hybridized carbons (Fsp3) is 0.857. The van der Waals surface area contributed by atoms with Crippen LogP contribution in [0.15, 0.2) is 0 Å². The van der Waals surface area contributed by atoms with Crippen molar-refractivity contribution >= 4 is 28.0 Å². The van der Waals surface area contributed by atoms with Crippen LogP contribution in [0.4, 0.5) is 4.79 Å². The first-order chi connectivity index (χ1) is 7.15. The topological polar surface area (TPSA) is 93.2 Å². The lowest BCUT2D eigenvalue weighted by Crippen LogP contribution is -2.39. The Morgan fingerprint density at radius 3 is 1.67 bits per heavy atom. The van der Waals surface area contributed by atoms with Crippen molar-refractivity contribution in [3.8, 4) is 0 Å². The molecule has 1 aliphatic rings. The van der Waals surface area contributed by atoms with E-state index in [4.69, 9.17) is 4.79 Å². The lowest BCUT2D eigenvalue weighted by Gasteiger charge is -2.11. The Morgan fingerprint density at radius 1 is 1.27 bits per heavy atom. The Labute approximate surface area is 95.0 Å². The molecule has 86 valence electrons. The number of rotatable bonds is 2. The van der Waals surface area contributed by atoms with Crippen molar-refractivity contribution in [2.24, 2.45) is 11.5 Å². The number of hydrogen-bond acceptors (Lipinski definition) is 3. The van der Waals surface area contributed by atoms with Crippen molar-refractivity contribution in [2.75, 3.05) is 26.2 Å². The first kappa shape index (κ1) is 16.8. The quantitative estimate of drug-likeness (QED) is 0.366. The number of hydrogen-bond donors (Lipinski definition) is 4. The van der Waals surface area contributed by atoms with Crippen molar-refractivity contribution in [2.45, 2.75) is 13.2 Å². The van der Waals surface area contributed by atoms with Gasteiger partial charge < -0.3 is 22.1 Å². The van der Waals surface area contributed by atoms with Crippen LogP contribution in [-0.4, -0.2) is 54.2 Å². The van der Waals surface area contributed by atoms with E-state index in [9.17, 15) is 0 Å². The molecule has 15 heavy (non-hydrogen) atoms. The molecule has 0 atom stereocenters. The summed E-state index contributed by atoms with van der Waals surface area (Å²) in [5.74, 6) is 0. The third kappa shape index (κ3) is 31.8. The van der Waals surface area contributed by atoms with E-state index in [1.165, 1.54) is 20.6 Å². The van der Waals surface area contributed by atoms with E-state index in [1.807, 2.05) is 0 Å². The molecule has 5 nitrogen and oxygen atoms in total. The van der Waals surface area contributed by atoms with E-state index >= 15 is 0 Å². The summed E-state index contributed by atoms with van der Waals surface area (Å²) < 4.78 is 0. The summed E-state index contributed by atoms with van der Waals surface area (Å²) in [5, 5.41) is 6.44. The maximum atomic E-state index is 9.00. The number of piperazine rings is 1. The van der Waals surface area contributed by atoms with Crippen LogP contribution < -0.4 is 22.1 Å². The lowest BCUT2D eigenvalue weighted by atomic mass is 9.27. The third-order valence-electron chi connectivity index (χ3n) is 1.66. The van der Waals surface area contributed by atoms with Gasteiger partial charge in [0.05, 0.1) is 22.0 Å². The maximum Gasteiger partial charge on any atom is 0.309 e. The van der Waals surface area contributed by atoms with Gasteiger partial charge in [0.25, 0.3) is 0 Å². The number of primary amides is 2. The van der Waals surface area contributed by atoms with E-state index < -0.39 is 6.03 Å². The molecule has 1 fully saturated rings. The monoisotopic (exact) mass is 212 g/mol. The van der Waals surface area contributed by atoms with Gasteiger partial charge in [-0.1, -0.05) is 13.2 Å². The molecule has 0 aliphatic carbocycles. The molecule has 1 rings (SSSR count). The highest BCUT2D eigenvalue weighted by atomic mass is 16.2. The van der Waals surface area contributed by atoms with Crippen LogP contribution in [0.25, 0.3) is 0 Å². The number of nitrogens with two attached hydrogens (primary N) is 2. The highest BCUT2D eigenvalue weighted by Crippen LogP contribution is 1.65. The first-order valence-electron chi connectivity index (χ1n) is 5.61. The molecular formula is C7H23B3N4O. The second-order valence-corrected chi connectivity index (χ2v) is 3.26. The van der Waals surface area contributed by atoms with Gasteiger partial charge in [-0.25, -0.2) is 4.79 Å². The highest BCUT2D eigenvalue weighted by Gasteiger charge is 1.91. The SMILES string of the molecule is BBBCC.C1CNCCN1.NC(N)=O. The van der Waals surface area contributed by atoms with Gasteiger partial charge in [0, 0.05) is 26.2 Å². The molecule has 0 radical (unpaired) electrons. The van der Waals surface area contributed by atoms with Gasteiger partial charge in [-0.15, -0.1) is 0 Å². The molecule has 0 aromatic carbocycles. The van der Waals surface area contributed by atoms with Crippen LogP contribution in [0.1, 0.15) is 6.92 Å². The van der Waals surface area contributed by atoms with Crippen LogP contribution in [0.5, 0.6) is 0 Å². The van der Waals surface area contributed by atoms with Gasteiger partial charge >= 0.3 is 6.03 Å². The molecule has 8 heteroatoms. The number of amides is 2. The van der Waals surface area contributed by atoms with Crippen molar-refractivity contribution in [1.29, 1.82) is 0 Å². The summed E-state index contributed by atoms with van der Waals surface area (Å²) in [6.07, 6.45) is 1.34. The Hall–Kier alpha value is -0.615. The van der Waals surface area contributed by atoms with Gasteiger partial charge in [0.15, 0.2) is 0 Å². The molecule has 0 spiro atoms. The van der Waals surface area contributed by atoms with E-state index in [0.717, 1.165) is 26.2 Å². The van der Waals surface area contributed by atoms with E-state index in [2.05, 4.69) is 36.8 Å². The standard InChI is InChI=1S/C4H10N2.C2H9B3.CH4N2O/c1-2-6-4-3-5-1;1-2-4-5-3;2-1(3)4/h5-6H,1-4H2;4-5H,2-3H2,1H3;(H4,2,3,4). The molecule has 6 N–H and O–H groups in total. The van der Waals surface area contributed by atoms with Gasteiger partial charge in [-0.05, 0) is 0 Å². The van der Waals surface area contributed by atoms with Crippen molar-refractivity contribution in [3.63, 3.8) is 0 Å². The fourth-order valence-corrected chi connectivity index (χ4v) is 0.957. The third-order valence-corrected chi connectivity index (χ3v) is 1.66. The van der Waals surface area contributed by atoms with Gasteiger partial charge in [-0.2, -0.15) is 0 Å². The zero-order valence-corrected chi connectivity index (χ0v) is 10.0. The maximum absolute atomic E-state index is 9.00. The van der Waals surface area contributed by atoms with E-state index in [0.29, 0.717) is 0 Å². The average Bonchev–Trinajstić information content (AvgIpc) is 2.22. The predicted octanol–water partition coefficient (Wildman–Crippen LogP) is -3.04. The van der Waals surface area contributed by atoms with Crippen LogP contribution in [0.2, 0.25) is 6.32 Å². The molecule has 1 aliphatic heterocycles. The minimum absolute atomic E-state index is 0.833. The smallest absolute Gasteiger partial charge is 0.309 e. The van der Waals surface area contributed by atoms with Crippen LogP contribution in [0.3, 0.4) is 0 Å². The molecule has 0 unspecified atom stereocenters. The first-order valence-corrected chi connectivity index (χ1v) is 5.61. The number of carbonyl (C=O) groups excluding carboxylic acids is 1. The fourth-order valence-electron chi connectivity index (χ4n) is 0.957. The summed E-state index contributed by atoms with van der Waals surface area (Å²) in [6, 6.07) is -0.833. The average molecular weight is 212 g/mol. The van der Waals surface area contributed by atoms with Crippen molar-refractivity contribution < 1.29 is 4.79 Å². The Balaban J connectivity index is 0. The number of urea groups is 1. The van der Waals surface area contributed by atoms with Gasteiger partial charge in [0.1, 0.15) is 0 Å². The Bertz CT molecular complexity index is 118.